The lowest BCUT2D eigenvalue weighted by molar-refractivity contribution is 0.282. The van der Waals surface area contributed by atoms with Crippen molar-refractivity contribution in [3.63, 3.8) is 0 Å². The highest BCUT2D eigenvalue weighted by Crippen LogP contribution is 2.26. The second-order valence-electron chi connectivity index (χ2n) is 4.02. The first-order valence-corrected chi connectivity index (χ1v) is 5.92. The summed E-state index contributed by atoms with van der Waals surface area (Å²) in [5.41, 5.74) is 2.95. The highest BCUT2D eigenvalue weighted by Gasteiger charge is 2.09. The van der Waals surface area contributed by atoms with Crippen LogP contribution < -0.4 is 4.90 Å². The zero-order valence-corrected chi connectivity index (χ0v) is 11.0. The fourth-order valence-corrected chi connectivity index (χ4v) is 1.89. The Morgan fingerprint density at radius 1 is 1.33 bits per heavy atom. The van der Waals surface area contributed by atoms with Gasteiger partial charge in [-0.15, -0.1) is 0 Å². The number of aliphatic hydroxyl groups is 1. The summed E-state index contributed by atoms with van der Waals surface area (Å²) in [6.07, 6.45) is 1.62. The average Bonchev–Trinajstić information content (AvgIpc) is 2.38. The maximum atomic E-state index is 9.18. The molecule has 0 bridgehead atoms. The van der Waals surface area contributed by atoms with E-state index < -0.39 is 0 Å². The topological polar surface area (TPSA) is 49.2 Å². The smallest absolute Gasteiger partial charge is 0.224 e. The monoisotopic (exact) mass is 263 g/mol. The second kappa shape index (κ2) is 5.33. The highest BCUT2D eigenvalue weighted by atomic mass is 35.5. The second-order valence-corrected chi connectivity index (χ2v) is 4.36. The number of aliphatic hydroxyl groups excluding tert-OH is 1. The van der Waals surface area contributed by atoms with E-state index in [2.05, 4.69) is 9.97 Å². The van der Waals surface area contributed by atoms with Crippen molar-refractivity contribution in [1.82, 2.24) is 9.97 Å². The summed E-state index contributed by atoms with van der Waals surface area (Å²) in [4.78, 5) is 9.94. The first-order valence-electron chi connectivity index (χ1n) is 5.54. The molecule has 2 aromatic rings. The van der Waals surface area contributed by atoms with Gasteiger partial charge in [0.15, 0.2) is 0 Å². The largest absolute Gasteiger partial charge is 0.392 e. The zero-order chi connectivity index (χ0) is 13.1. The van der Waals surface area contributed by atoms with Crippen molar-refractivity contribution in [2.75, 3.05) is 11.9 Å². The Morgan fingerprint density at radius 3 is 2.78 bits per heavy atom. The van der Waals surface area contributed by atoms with E-state index in [0.29, 0.717) is 5.82 Å². The number of hydrogen-bond acceptors (Lipinski definition) is 4. The minimum atomic E-state index is 0.0195. The number of aryl methyl sites for hydroxylation is 1. The number of hydrogen-bond donors (Lipinski definition) is 1. The molecule has 0 amide bonds. The Balaban J connectivity index is 2.41. The van der Waals surface area contributed by atoms with E-state index in [1.807, 2.05) is 37.1 Å². The van der Waals surface area contributed by atoms with Gasteiger partial charge in [0.1, 0.15) is 5.82 Å². The minimum Gasteiger partial charge on any atom is -0.392 e. The summed E-state index contributed by atoms with van der Waals surface area (Å²) in [5, 5.41) is 9.40. The van der Waals surface area contributed by atoms with Gasteiger partial charge in [0.2, 0.25) is 5.28 Å². The Hall–Kier alpha value is -1.65. The van der Waals surface area contributed by atoms with Crippen molar-refractivity contribution in [2.45, 2.75) is 13.5 Å². The van der Waals surface area contributed by atoms with Crippen LogP contribution in [0.3, 0.4) is 0 Å². The lowest BCUT2D eigenvalue weighted by Gasteiger charge is -2.21. The molecule has 0 aliphatic heterocycles. The summed E-state index contributed by atoms with van der Waals surface area (Å²) in [6, 6.07) is 7.60. The summed E-state index contributed by atoms with van der Waals surface area (Å²) in [7, 11) is 1.90. The van der Waals surface area contributed by atoms with Gasteiger partial charge in [-0.25, -0.2) is 9.97 Å². The Labute approximate surface area is 111 Å². The molecule has 0 fully saturated rings. The van der Waals surface area contributed by atoms with Crippen molar-refractivity contribution < 1.29 is 5.11 Å². The van der Waals surface area contributed by atoms with Gasteiger partial charge < -0.3 is 10.0 Å². The maximum absolute atomic E-state index is 9.18. The van der Waals surface area contributed by atoms with Crippen LogP contribution >= 0.6 is 11.6 Å². The van der Waals surface area contributed by atoms with Gasteiger partial charge in [0, 0.05) is 18.9 Å². The van der Waals surface area contributed by atoms with Crippen LogP contribution in [0.25, 0.3) is 0 Å². The molecule has 0 saturated carbocycles. The molecule has 0 aliphatic rings. The number of halogens is 1. The molecule has 94 valence electrons. The van der Waals surface area contributed by atoms with Crippen LogP contribution in [0.1, 0.15) is 11.1 Å². The molecule has 2 rings (SSSR count). The summed E-state index contributed by atoms with van der Waals surface area (Å²) in [5.74, 6) is 0.716. The van der Waals surface area contributed by atoms with E-state index >= 15 is 0 Å². The van der Waals surface area contributed by atoms with Gasteiger partial charge in [0.05, 0.1) is 6.61 Å². The van der Waals surface area contributed by atoms with Crippen molar-refractivity contribution >= 4 is 23.1 Å². The molecule has 1 aromatic heterocycles. The molecular formula is C13H14ClN3O. The number of rotatable bonds is 3. The van der Waals surface area contributed by atoms with Crippen LogP contribution in [0.15, 0.2) is 30.5 Å². The van der Waals surface area contributed by atoms with Gasteiger partial charge in [-0.1, -0.05) is 12.1 Å². The van der Waals surface area contributed by atoms with E-state index in [4.69, 9.17) is 11.6 Å². The molecule has 0 spiro atoms. The Bertz CT molecular complexity index is 560. The fraction of sp³-hybridized carbons (Fsp3) is 0.231. The maximum Gasteiger partial charge on any atom is 0.224 e. The fourth-order valence-electron chi connectivity index (χ4n) is 1.75. The first kappa shape index (κ1) is 12.8. The SMILES string of the molecule is Cc1ccc(CO)cc1N(C)c1ccnc(Cl)n1. The van der Waals surface area contributed by atoms with Crippen molar-refractivity contribution in [3.8, 4) is 0 Å². The van der Waals surface area contributed by atoms with E-state index in [-0.39, 0.29) is 11.9 Å². The van der Waals surface area contributed by atoms with E-state index in [0.717, 1.165) is 16.8 Å². The first-order chi connectivity index (χ1) is 8.61. The summed E-state index contributed by atoms with van der Waals surface area (Å²) in [6.45, 7) is 2.03. The molecule has 4 nitrogen and oxygen atoms in total. The normalized spacial score (nSPS) is 10.4. The number of aromatic nitrogens is 2. The molecule has 1 aromatic carbocycles. The lowest BCUT2D eigenvalue weighted by atomic mass is 10.1. The Morgan fingerprint density at radius 2 is 2.11 bits per heavy atom. The third kappa shape index (κ3) is 2.60. The molecule has 0 radical (unpaired) electrons. The molecular weight excluding hydrogens is 250 g/mol. The number of nitrogens with zero attached hydrogens (tertiary/aromatic N) is 3. The molecule has 0 atom stereocenters. The predicted molar refractivity (Wildman–Crippen MR) is 72.2 cm³/mol. The molecule has 0 aliphatic carbocycles. The lowest BCUT2D eigenvalue weighted by Crippen LogP contribution is -2.13. The third-order valence-electron chi connectivity index (χ3n) is 2.77. The van der Waals surface area contributed by atoms with Crippen LogP contribution in [-0.4, -0.2) is 22.1 Å². The Kier molecular flexibility index (Phi) is 3.79. The van der Waals surface area contributed by atoms with E-state index in [1.165, 1.54) is 0 Å². The van der Waals surface area contributed by atoms with E-state index in [9.17, 15) is 5.11 Å². The van der Waals surface area contributed by atoms with Gasteiger partial charge in [-0.05, 0) is 41.8 Å². The zero-order valence-electron chi connectivity index (χ0n) is 10.3. The van der Waals surface area contributed by atoms with Gasteiger partial charge in [-0.2, -0.15) is 0 Å². The summed E-state index contributed by atoms with van der Waals surface area (Å²) < 4.78 is 0. The van der Waals surface area contributed by atoms with Crippen LogP contribution in [0.4, 0.5) is 11.5 Å². The van der Waals surface area contributed by atoms with Gasteiger partial charge >= 0.3 is 0 Å². The molecule has 1 heterocycles. The van der Waals surface area contributed by atoms with Crippen LogP contribution in [0.2, 0.25) is 5.28 Å². The van der Waals surface area contributed by atoms with Crippen LogP contribution in [-0.2, 0) is 6.61 Å². The summed E-state index contributed by atoms with van der Waals surface area (Å²) >= 11 is 5.79. The van der Waals surface area contributed by atoms with Gasteiger partial charge in [-0.3, -0.25) is 0 Å². The van der Waals surface area contributed by atoms with Gasteiger partial charge in [0.25, 0.3) is 0 Å². The van der Waals surface area contributed by atoms with Crippen molar-refractivity contribution in [3.05, 3.63) is 46.9 Å². The molecule has 5 heteroatoms. The predicted octanol–water partition coefficient (Wildman–Crippen LogP) is 2.70. The van der Waals surface area contributed by atoms with E-state index in [1.54, 1.807) is 12.3 Å². The third-order valence-corrected chi connectivity index (χ3v) is 2.95. The van der Waals surface area contributed by atoms with Crippen molar-refractivity contribution in [2.24, 2.45) is 0 Å². The average molecular weight is 264 g/mol. The number of anilines is 2. The molecule has 1 N–H and O–H groups in total. The molecule has 0 saturated heterocycles. The highest BCUT2D eigenvalue weighted by molar-refractivity contribution is 6.28. The van der Waals surface area contributed by atoms with Crippen LogP contribution in [0, 0.1) is 6.92 Å². The van der Waals surface area contributed by atoms with Crippen LogP contribution in [0.5, 0.6) is 0 Å². The quantitative estimate of drug-likeness (QED) is 0.865. The molecule has 18 heavy (non-hydrogen) atoms. The molecule has 0 unspecified atom stereocenters. The standard InChI is InChI=1S/C13H14ClN3O/c1-9-3-4-10(8-18)7-11(9)17(2)12-5-6-15-13(14)16-12/h3-7,18H,8H2,1-2H3. The van der Waals surface area contributed by atoms with Crippen molar-refractivity contribution in [1.29, 1.82) is 0 Å². The minimum absolute atomic E-state index is 0.0195. The number of benzene rings is 1.